The molecule has 0 aliphatic carbocycles. The molecular formula is C25H24N4O4. The standard InChI is InChI=1S/C25H24N4O4/c1-3-17-9-5-7-11-21(17)28-23(30)24(31)29-26-15-19-14-18(25(32)33)12-13-22(19)27-20-10-6-4-8-16(20)2/h4-15,27H,3H2,1-2H3,(H,28,30)(H,29,31)(H,32,33)/b26-15-. The Labute approximate surface area is 191 Å². The van der Waals surface area contributed by atoms with Gasteiger partial charge in [-0.3, -0.25) is 9.59 Å². The number of benzene rings is 3. The topological polar surface area (TPSA) is 120 Å². The summed E-state index contributed by atoms with van der Waals surface area (Å²) in [5.74, 6) is -2.89. The Morgan fingerprint density at radius 1 is 0.909 bits per heavy atom. The Balaban J connectivity index is 1.75. The predicted octanol–water partition coefficient (Wildman–Crippen LogP) is 4.09. The van der Waals surface area contributed by atoms with Gasteiger partial charge in [-0.05, 0) is 54.8 Å². The summed E-state index contributed by atoms with van der Waals surface area (Å²) in [7, 11) is 0. The molecule has 33 heavy (non-hydrogen) atoms. The van der Waals surface area contributed by atoms with E-state index in [0.29, 0.717) is 23.4 Å². The number of hydrogen-bond acceptors (Lipinski definition) is 5. The van der Waals surface area contributed by atoms with Gasteiger partial charge in [-0.1, -0.05) is 43.3 Å². The Morgan fingerprint density at radius 3 is 2.30 bits per heavy atom. The van der Waals surface area contributed by atoms with Crippen LogP contribution in [0, 0.1) is 6.92 Å². The second-order valence-electron chi connectivity index (χ2n) is 7.21. The number of hydrazone groups is 1. The third-order valence-corrected chi connectivity index (χ3v) is 4.94. The zero-order valence-corrected chi connectivity index (χ0v) is 18.3. The first-order valence-electron chi connectivity index (χ1n) is 10.3. The Morgan fingerprint density at radius 2 is 1.61 bits per heavy atom. The van der Waals surface area contributed by atoms with E-state index in [9.17, 15) is 19.5 Å². The number of carboxylic acid groups (broad SMARTS) is 1. The van der Waals surface area contributed by atoms with Crippen molar-refractivity contribution in [2.45, 2.75) is 20.3 Å². The van der Waals surface area contributed by atoms with Crippen LogP contribution in [0.5, 0.6) is 0 Å². The molecule has 0 unspecified atom stereocenters. The van der Waals surface area contributed by atoms with E-state index in [4.69, 9.17) is 0 Å². The van der Waals surface area contributed by atoms with Gasteiger partial charge in [0, 0.05) is 22.6 Å². The molecule has 0 bridgehead atoms. The quantitative estimate of drug-likeness (QED) is 0.249. The van der Waals surface area contributed by atoms with Gasteiger partial charge in [0.25, 0.3) is 0 Å². The van der Waals surface area contributed by atoms with Crippen LogP contribution in [-0.2, 0) is 16.0 Å². The largest absolute Gasteiger partial charge is 0.478 e. The van der Waals surface area contributed by atoms with Crippen molar-refractivity contribution in [1.29, 1.82) is 0 Å². The van der Waals surface area contributed by atoms with Gasteiger partial charge in [0.2, 0.25) is 0 Å². The van der Waals surface area contributed by atoms with Gasteiger partial charge in [-0.25, -0.2) is 10.2 Å². The summed E-state index contributed by atoms with van der Waals surface area (Å²) in [6, 6.07) is 19.3. The van der Waals surface area contributed by atoms with Crippen molar-refractivity contribution in [3.05, 3.63) is 89.0 Å². The van der Waals surface area contributed by atoms with Crippen molar-refractivity contribution in [2.75, 3.05) is 10.6 Å². The molecule has 0 aliphatic rings. The van der Waals surface area contributed by atoms with Crippen LogP contribution in [-0.4, -0.2) is 29.1 Å². The van der Waals surface area contributed by atoms with Crippen molar-refractivity contribution < 1.29 is 19.5 Å². The molecule has 8 heteroatoms. The number of hydrogen-bond donors (Lipinski definition) is 4. The van der Waals surface area contributed by atoms with Crippen LogP contribution < -0.4 is 16.1 Å². The van der Waals surface area contributed by atoms with Crippen LogP contribution in [0.3, 0.4) is 0 Å². The van der Waals surface area contributed by atoms with E-state index in [2.05, 4.69) is 21.2 Å². The van der Waals surface area contributed by atoms with E-state index in [1.165, 1.54) is 18.3 Å². The highest BCUT2D eigenvalue weighted by molar-refractivity contribution is 6.39. The Kier molecular flexibility index (Phi) is 7.54. The Bertz CT molecular complexity index is 1220. The number of rotatable bonds is 7. The van der Waals surface area contributed by atoms with Crippen LogP contribution in [0.4, 0.5) is 17.1 Å². The normalized spacial score (nSPS) is 10.6. The lowest BCUT2D eigenvalue weighted by molar-refractivity contribution is -0.136. The van der Waals surface area contributed by atoms with Crippen LogP contribution in [0.1, 0.15) is 34.0 Å². The lowest BCUT2D eigenvalue weighted by atomic mass is 10.1. The molecule has 0 aliphatic heterocycles. The minimum atomic E-state index is -1.09. The fraction of sp³-hybridized carbons (Fsp3) is 0.120. The molecule has 0 fully saturated rings. The number of aryl methyl sites for hydroxylation is 2. The maximum atomic E-state index is 12.2. The second kappa shape index (κ2) is 10.7. The van der Waals surface area contributed by atoms with E-state index >= 15 is 0 Å². The molecule has 4 N–H and O–H groups in total. The average molecular weight is 444 g/mol. The SMILES string of the molecule is CCc1ccccc1NC(=O)C(=O)N/N=C\c1cc(C(=O)O)ccc1Nc1ccccc1C. The smallest absolute Gasteiger partial charge is 0.335 e. The van der Waals surface area contributed by atoms with Crippen molar-refractivity contribution in [1.82, 2.24) is 5.43 Å². The molecule has 3 rings (SSSR count). The number of para-hydroxylation sites is 2. The number of amides is 2. The molecule has 0 aromatic heterocycles. The van der Waals surface area contributed by atoms with Crippen LogP contribution in [0.15, 0.2) is 71.8 Å². The van der Waals surface area contributed by atoms with Crippen molar-refractivity contribution in [2.24, 2.45) is 5.10 Å². The van der Waals surface area contributed by atoms with E-state index in [1.807, 2.05) is 50.2 Å². The highest BCUT2D eigenvalue weighted by Gasteiger charge is 2.14. The maximum Gasteiger partial charge on any atom is 0.335 e. The molecule has 0 saturated carbocycles. The van der Waals surface area contributed by atoms with Gasteiger partial charge in [0.15, 0.2) is 0 Å². The third-order valence-electron chi connectivity index (χ3n) is 4.94. The first-order chi connectivity index (χ1) is 15.9. The van der Waals surface area contributed by atoms with Gasteiger partial charge >= 0.3 is 17.8 Å². The molecule has 3 aromatic carbocycles. The van der Waals surface area contributed by atoms with E-state index in [-0.39, 0.29) is 5.56 Å². The monoisotopic (exact) mass is 444 g/mol. The van der Waals surface area contributed by atoms with E-state index in [0.717, 1.165) is 16.8 Å². The van der Waals surface area contributed by atoms with Crippen molar-refractivity contribution in [3.63, 3.8) is 0 Å². The van der Waals surface area contributed by atoms with Gasteiger partial charge in [0.05, 0.1) is 11.8 Å². The highest BCUT2D eigenvalue weighted by Crippen LogP contribution is 2.23. The predicted molar refractivity (Wildman–Crippen MR) is 128 cm³/mol. The molecular weight excluding hydrogens is 420 g/mol. The summed E-state index contributed by atoms with van der Waals surface area (Å²) in [4.78, 5) is 35.8. The number of anilines is 3. The zero-order chi connectivity index (χ0) is 23.8. The van der Waals surface area contributed by atoms with Gasteiger partial charge < -0.3 is 15.7 Å². The lowest BCUT2D eigenvalue weighted by Crippen LogP contribution is -2.32. The number of nitrogens with one attached hydrogen (secondary N) is 3. The third kappa shape index (κ3) is 6.04. The number of nitrogens with zero attached hydrogens (tertiary/aromatic N) is 1. The van der Waals surface area contributed by atoms with E-state index < -0.39 is 17.8 Å². The number of aromatic carboxylic acids is 1. The lowest BCUT2D eigenvalue weighted by Gasteiger charge is -2.12. The molecule has 168 valence electrons. The average Bonchev–Trinajstić information content (AvgIpc) is 2.81. The van der Waals surface area contributed by atoms with Crippen molar-refractivity contribution >= 4 is 41.1 Å². The Hall–Kier alpha value is -4.46. The first kappa shape index (κ1) is 23.2. The number of carboxylic acids is 1. The minimum Gasteiger partial charge on any atom is -0.478 e. The number of carbonyl (C=O) groups is 3. The molecule has 8 nitrogen and oxygen atoms in total. The molecule has 0 saturated heterocycles. The maximum absolute atomic E-state index is 12.2. The summed E-state index contributed by atoms with van der Waals surface area (Å²) in [5, 5.41) is 19.0. The molecule has 0 spiro atoms. The minimum absolute atomic E-state index is 0.0621. The summed E-state index contributed by atoms with van der Waals surface area (Å²) >= 11 is 0. The number of carbonyl (C=O) groups excluding carboxylic acids is 2. The zero-order valence-electron chi connectivity index (χ0n) is 18.3. The van der Waals surface area contributed by atoms with Gasteiger partial charge in [-0.15, -0.1) is 0 Å². The first-order valence-corrected chi connectivity index (χ1v) is 10.3. The molecule has 3 aromatic rings. The van der Waals surface area contributed by atoms with E-state index in [1.54, 1.807) is 18.2 Å². The molecule has 0 radical (unpaired) electrons. The van der Waals surface area contributed by atoms with Crippen LogP contribution in [0.25, 0.3) is 0 Å². The highest BCUT2D eigenvalue weighted by atomic mass is 16.4. The van der Waals surface area contributed by atoms with Gasteiger partial charge in [-0.2, -0.15) is 5.10 Å². The van der Waals surface area contributed by atoms with Crippen LogP contribution in [0.2, 0.25) is 0 Å². The molecule has 2 amide bonds. The fourth-order valence-corrected chi connectivity index (χ4v) is 3.12. The molecule has 0 atom stereocenters. The second-order valence-corrected chi connectivity index (χ2v) is 7.21. The van der Waals surface area contributed by atoms with Gasteiger partial charge in [0.1, 0.15) is 0 Å². The summed E-state index contributed by atoms with van der Waals surface area (Å²) in [6.07, 6.45) is 1.99. The summed E-state index contributed by atoms with van der Waals surface area (Å²) < 4.78 is 0. The summed E-state index contributed by atoms with van der Waals surface area (Å²) in [6.45, 7) is 3.89. The summed E-state index contributed by atoms with van der Waals surface area (Å²) in [5.41, 5.74) is 6.56. The molecule has 0 heterocycles. The van der Waals surface area contributed by atoms with Crippen molar-refractivity contribution in [3.8, 4) is 0 Å². The fourth-order valence-electron chi connectivity index (χ4n) is 3.12. The van der Waals surface area contributed by atoms with Crippen LogP contribution >= 0.6 is 0 Å².